The van der Waals surface area contributed by atoms with Crippen molar-refractivity contribution in [2.24, 2.45) is 0 Å². The number of nitrogens with zero attached hydrogens (tertiary/aromatic N) is 2. The molecule has 1 aliphatic rings. The second-order valence-electron chi connectivity index (χ2n) is 6.42. The number of benzene rings is 2. The number of nitrogens with one attached hydrogen (secondary N) is 1. The van der Waals surface area contributed by atoms with Crippen molar-refractivity contribution in [1.29, 1.82) is 0 Å². The van der Waals surface area contributed by atoms with E-state index in [-0.39, 0.29) is 32.9 Å². The number of carbonyl (C=O) groups is 2. The van der Waals surface area contributed by atoms with Crippen LogP contribution in [0.25, 0.3) is 17.4 Å². The molecule has 0 bridgehead atoms. The number of hydrogen-bond acceptors (Lipinski definition) is 6. The summed E-state index contributed by atoms with van der Waals surface area (Å²) in [6, 6.07) is 15.7. The summed E-state index contributed by atoms with van der Waals surface area (Å²) >= 11 is 11.3. The quantitative estimate of drug-likeness (QED) is 0.207. The predicted octanol–water partition coefficient (Wildman–Crippen LogP) is 4.34. The van der Waals surface area contributed by atoms with Gasteiger partial charge < -0.3 is 4.42 Å². The molecule has 1 N–H and O–H groups in total. The number of nitro benzene ring substituents is 1. The SMILES string of the molecule is O=C1NC(=S)N(c2ccccc2)C(=O)/C1=C\c1ccc(-c2cc([N+](=O)[O-])ccc2Cl)o1. The summed E-state index contributed by atoms with van der Waals surface area (Å²) < 4.78 is 5.69. The van der Waals surface area contributed by atoms with Crippen molar-refractivity contribution in [3.8, 4) is 11.3 Å². The van der Waals surface area contributed by atoms with Gasteiger partial charge in [0.2, 0.25) is 0 Å². The zero-order chi connectivity index (χ0) is 22.1. The first-order valence-electron chi connectivity index (χ1n) is 8.86. The van der Waals surface area contributed by atoms with E-state index in [4.69, 9.17) is 28.2 Å². The second-order valence-corrected chi connectivity index (χ2v) is 7.21. The van der Waals surface area contributed by atoms with Crippen LogP contribution in [-0.4, -0.2) is 21.9 Å². The third-order valence-electron chi connectivity index (χ3n) is 4.46. The summed E-state index contributed by atoms with van der Waals surface area (Å²) in [4.78, 5) is 37.1. The highest BCUT2D eigenvalue weighted by molar-refractivity contribution is 7.80. The van der Waals surface area contributed by atoms with Gasteiger partial charge in [-0.2, -0.15) is 0 Å². The zero-order valence-corrected chi connectivity index (χ0v) is 17.1. The summed E-state index contributed by atoms with van der Waals surface area (Å²) in [6.45, 7) is 0. The monoisotopic (exact) mass is 453 g/mol. The van der Waals surface area contributed by atoms with Gasteiger partial charge in [-0.1, -0.05) is 29.8 Å². The standard InChI is InChI=1S/C21H12ClN3O5S/c22-17-8-6-13(25(28)29)10-15(17)18-9-7-14(30-18)11-16-19(26)23-21(31)24(20(16)27)12-4-2-1-3-5-12/h1-11H,(H,23,26,31)/b16-11-. The minimum atomic E-state index is -0.659. The van der Waals surface area contributed by atoms with Gasteiger partial charge in [-0.3, -0.25) is 29.9 Å². The number of rotatable bonds is 4. The summed E-state index contributed by atoms with van der Waals surface area (Å²) in [7, 11) is 0. The Bertz CT molecular complexity index is 1270. The van der Waals surface area contributed by atoms with Gasteiger partial charge in [-0.15, -0.1) is 0 Å². The zero-order valence-electron chi connectivity index (χ0n) is 15.6. The predicted molar refractivity (Wildman–Crippen MR) is 118 cm³/mol. The molecule has 0 unspecified atom stereocenters. The highest BCUT2D eigenvalue weighted by Gasteiger charge is 2.34. The van der Waals surface area contributed by atoms with Crippen LogP contribution < -0.4 is 10.2 Å². The lowest BCUT2D eigenvalue weighted by atomic mass is 10.1. The Morgan fingerprint density at radius 1 is 1.10 bits per heavy atom. The number of hydrogen-bond donors (Lipinski definition) is 1. The average molecular weight is 454 g/mol. The topological polar surface area (TPSA) is 106 Å². The lowest BCUT2D eigenvalue weighted by molar-refractivity contribution is -0.384. The highest BCUT2D eigenvalue weighted by Crippen LogP contribution is 2.33. The second kappa shape index (κ2) is 8.13. The van der Waals surface area contributed by atoms with Crippen LogP contribution in [0.5, 0.6) is 0 Å². The molecule has 2 aromatic carbocycles. The fraction of sp³-hybridized carbons (Fsp3) is 0. The van der Waals surface area contributed by atoms with Gasteiger partial charge in [0.15, 0.2) is 5.11 Å². The highest BCUT2D eigenvalue weighted by atomic mass is 35.5. The van der Waals surface area contributed by atoms with Gasteiger partial charge in [0, 0.05) is 17.7 Å². The van der Waals surface area contributed by atoms with Crippen molar-refractivity contribution in [3.63, 3.8) is 0 Å². The molecule has 0 spiro atoms. The van der Waals surface area contributed by atoms with Crippen LogP contribution in [0.4, 0.5) is 11.4 Å². The molecule has 1 aromatic heterocycles. The smallest absolute Gasteiger partial charge is 0.270 e. The van der Waals surface area contributed by atoms with Gasteiger partial charge in [-0.05, 0) is 48.6 Å². The molecule has 2 heterocycles. The number of carbonyl (C=O) groups excluding carboxylic acids is 2. The van der Waals surface area contributed by atoms with E-state index in [1.807, 2.05) is 0 Å². The first-order valence-corrected chi connectivity index (χ1v) is 9.64. The molecule has 4 rings (SSSR count). The first kappa shape index (κ1) is 20.5. The molecule has 0 aliphatic carbocycles. The molecule has 0 atom stereocenters. The van der Waals surface area contributed by atoms with Crippen LogP contribution in [0.15, 0.2) is 70.7 Å². The molecule has 1 fully saturated rings. The molecule has 1 aliphatic heterocycles. The third kappa shape index (κ3) is 3.96. The molecule has 3 aromatic rings. The van der Waals surface area contributed by atoms with Crippen LogP contribution >= 0.6 is 23.8 Å². The number of thiocarbonyl (C=S) groups is 1. The number of para-hydroxylation sites is 1. The maximum atomic E-state index is 13.0. The minimum absolute atomic E-state index is 0.0261. The Hall–Kier alpha value is -3.82. The van der Waals surface area contributed by atoms with Gasteiger partial charge in [0.25, 0.3) is 17.5 Å². The molecule has 2 amide bonds. The van der Waals surface area contributed by atoms with Crippen molar-refractivity contribution >= 4 is 58.2 Å². The van der Waals surface area contributed by atoms with E-state index in [2.05, 4.69) is 5.32 Å². The van der Waals surface area contributed by atoms with Crippen molar-refractivity contribution in [1.82, 2.24) is 5.32 Å². The maximum Gasteiger partial charge on any atom is 0.270 e. The Morgan fingerprint density at radius 3 is 2.55 bits per heavy atom. The number of nitro groups is 1. The van der Waals surface area contributed by atoms with Crippen molar-refractivity contribution in [2.45, 2.75) is 0 Å². The summed E-state index contributed by atoms with van der Waals surface area (Å²) in [6.07, 6.45) is 1.28. The molecule has 8 nitrogen and oxygen atoms in total. The van der Waals surface area contributed by atoms with Crippen LogP contribution in [0.3, 0.4) is 0 Å². The van der Waals surface area contributed by atoms with E-state index in [0.717, 1.165) is 0 Å². The molecule has 10 heteroatoms. The number of amides is 2. The Morgan fingerprint density at radius 2 is 1.84 bits per heavy atom. The van der Waals surface area contributed by atoms with Gasteiger partial charge >= 0.3 is 0 Å². The molecule has 0 saturated carbocycles. The minimum Gasteiger partial charge on any atom is -0.457 e. The normalized spacial score (nSPS) is 15.3. The fourth-order valence-electron chi connectivity index (χ4n) is 3.00. The fourth-order valence-corrected chi connectivity index (χ4v) is 3.49. The van der Waals surface area contributed by atoms with Gasteiger partial charge in [0.05, 0.1) is 15.6 Å². The maximum absolute atomic E-state index is 13.0. The Balaban J connectivity index is 1.69. The number of anilines is 1. The van der Waals surface area contributed by atoms with Crippen LogP contribution in [-0.2, 0) is 9.59 Å². The Kier molecular flexibility index (Phi) is 5.37. The van der Waals surface area contributed by atoms with Gasteiger partial charge in [0.1, 0.15) is 17.1 Å². The van der Waals surface area contributed by atoms with Crippen LogP contribution in [0.1, 0.15) is 5.76 Å². The summed E-state index contributed by atoms with van der Waals surface area (Å²) in [5.41, 5.74) is 0.493. The van der Waals surface area contributed by atoms with Gasteiger partial charge in [-0.25, -0.2) is 0 Å². The lowest BCUT2D eigenvalue weighted by Gasteiger charge is -2.28. The Labute approximate surface area is 185 Å². The van der Waals surface area contributed by atoms with E-state index in [1.165, 1.54) is 35.2 Å². The van der Waals surface area contributed by atoms with Crippen molar-refractivity contribution in [2.75, 3.05) is 4.90 Å². The van der Waals surface area contributed by atoms with E-state index in [0.29, 0.717) is 11.3 Å². The number of furan rings is 1. The largest absolute Gasteiger partial charge is 0.457 e. The molecule has 0 radical (unpaired) electrons. The molecule has 154 valence electrons. The number of halogens is 1. The van der Waals surface area contributed by atoms with E-state index < -0.39 is 16.7 Å². The lowest BCUT2D eigenvalue weighted by Crippen LogP contribution is -2.54. The van der Waals surface area contributed by atoms with Crippen molar-refractivity contribution < 1.29 is 18.9 Å². The van der Waals surface area contributed by atoms with Crippen molar-refractivity contribution in [3.05, 3.63) is 87.1 Å². The van der Waals surface area contributed by atoms with E-state index >= 15 is 0 Å². The average Bonchev–Trinajstić information content (AvgIpc) is 3.20. The van der Waals surface area contributed by atoms with E-state index in [1.54, 1.807) is 36.4 Å². The molecule has 31 heavy (non-hydrogen) atoms. The number of non-ortho nitro benzene ring substituents is 1. The summed E-state index contributed by atoms with van der Waals surface area (Å²) in [5, 5.41) is 13.8. The summed E-state index contributed by atoms with van der Waals surface area (Å²) in [5.74, 6) is -0.823. The van der Waals surface area contributed by atoms with E-state index in [9.17, 15) is 19.7 Å². The molecular formula is C21H12ClN3O5S. The van der Waals surface area contributed by atoms with Crippen LogP contribution in [0, 0.1) is 10.1 Å². The molecular weight excluding hydrogens is 442 g/mol. The molecule has 1 saturated heterocycles. The third-order valence-corrected chi connectivity index (χ3v) is 5.07. The first-order chi connectivity index (χ1) is 14.8. The van der Waals surface area contributed by atoms with Crippen LogP contribution in [0.2, 0.25) is 5.02 Å².